The summed E-state index contributed by atoms with van der Waals surface area (Å²) < 4.78 is 4.79. The Labute approximate surface area is 91.8 Å². The van der Waals surface area contributed by atoms with E-state index in [0.29, 0.717) is 0 Å². The van der Waals surface area contributed by atoms with E-state index in [4.69, 9.17) is 4.74 Å². The molecule has 2 unspecified atom stereocenters. The molecule has 2 atom stereocenters. The van der Waals surface area contributed by atoms with Crippen LogP contribution in [0.3, 0.4) is 0 Å². The summed E-state index contributed by atoms with van der Waals surface area (Å²) in [5, 5.41) is 0. The molecule has 2 aliphatic rings. The van der Waals surface area contributed by atoms with E-state index in [2.05, 4.69) is 0 Å². The van der Waals surface area contributed by atoms with Gasteiger partial charge in [-0.05, 0) is 24.7 Å². The van der Waals surface area contributed by atoms with Crippen LogP contribution in [0.1, 0.15) is 38.5 Å². The molecule has 0 aromatic rings. The van der Waals surface area contributed by atoms with Crippen molar-refractivity contribution in [2.45, 2.75) is 38.5 Å². The number of rotatable bonds is 0. The molecule has 1 heterocycles. The Morgan fingerprint density at radius 1 is 1.07 bits per heavy atom. The normalized spacial score (nSPS) is 31.7. The Morgan fingerprint density at radius 3 is 2.07 bits per heavy atom. The Morgan fingerprint density at radius 2 is 1.60 bits per heavy atom. The lowest BCUT2D eigenvalue weighted by molar-refractivity contribution is 0.124. The standard InChI is InChI=1S/C12H21NO2/c1-15-12(14)13-8-6-10-4-2-3-5-11(10)7-9-13/h10-11H,2-9H2,1H3. The van der Waals surface area contributed by atoms with Crippen LogP contribution >= 0.6 is 0 Å². The molecule has 0 spiro atoms. The third-order valence-electron chi connectivity index (χ3n) is 4.04. The zero-order chi connectivity index (χ0) is 10.7. The zero-order valence-electron chi connectivity index (χ0n) is 9.58. The molecule has 0 radical (unpaired) electrons. The number of fused-ring (bicyclic) bond motifs is 1. The van der Waals surface area contributed by atoms with Crippen LogP contribution in [-0.4, -0.2) is 31.2 Å². The lowest BCUT2D eigenvalue weighted by Gasteiger charge is -2.29. The minimum Gasteiger partial charge on any atom is -0.453 e. The van der Waals surface area contributed by atoms with Gasteiger partial charge in [0.2, 0.25) is 0 Å². The monoisotopic (exact) mass is 211 g/mol. The summed E-state index contributed by atoms with van der Waals surface area (Å²) in [5.41, 5.74) is 0. The number of likely N-dealkylation sites (tertiary alicyclic amines) is 1. The van der Waals surface area contributed by atoms with Crippen LogP contribution in [0.15, 0.2) is 0 Å². The molecule has 0 bridgehead atoms. The van der Waals surface area contributed by atoms with Crippen molar-refractivity contribution in [3.63, 3.8) is 0 Å². The smallest absolute Gasteiger partial charge is 0.409 e. The van der Waals surface area contributed by atoms with Gasteiger partial charge in [-0.1, -0.05) is 25.7 Å². The summed E-state index contributed by atoms with van der Waals surface area (Å²) in [6.45, 7) is 1.79. The maximum Gasteiger partial charge on any atom is 0.409 e. The number of amides is 1. The van der Waals surface area contributed by atoms with E-state index < -0.39 is 0 Å². The first-order valence-electron chi connectivity index (χ1n) is 6.14. The van der Waals surface area contributed by atoms with Crippen LogP contribution in [0.25, 0.3) is 0 Å². The fraction of sp³-hybridized carbons (Fsp3) is 0.917. The fourth-order valence-corrected chi connectivity index (χ4v) is 3.11. The minimum absolute atomic E-state index is 0.145. The van der Waals surface area contributed by atoms with Crippen molar-refractivity contribution in [1.29, 1.82) is 0 Å². The van der Waals surface area contributed by atoms with Crippen molar-refractivity contribution in [3.8, 4) is 0 Å². The lowest BCUT2D eigenvalue weighted by Crippen LogP contribution is -2.31. The fourth-order valence-electron chi connectivity index (χ4n) is 3.11. The van der Waals surface area contributed by atoms with Crippen LogP contribution < -0.4 is 0 Å². The minimum atomic E-state index is -0.145. The molecular formula is C12H21NO2. The summed E-state index contributed by atoms with van der Waals surface area (Å²) in [7, 11) is 1.47. The predicted octanol–water partition coefficient (Wildman–Crippen LogP) is 2.66. The van der Waals surface area contributed by atoms with Crippen molar-refractivity contribution < 1.29 is 9.53 Å². The van der Waals surface area contributed by atoms with Crippen molar-refractivity contribution in [3.05, 3.63) is 0 Å². The van der Waals surface area contributed by atoms with E-state index in [1.807, 2.05) is 4.90 Å². The first-order valence-corrected chi connectivity index (χ1v) is 6.14. The summed E-state index contributed by atoms with van der Waals surface area (Å²) in [6.07, 6.45) is 7.74. The van der Waals surface area contributed by atoms with Crippen LogP contribution in [-0.2, 0) is 4.74 Å². The molecule has 1 amide bonds. The van der Waals surface area contributed by atoms with Gasteiger partial charge in [-0.3, -0.25) is 0 Å². The molecule has 15 heavy (non-hydrogen) atoms. The Balaban J connectivity index is 1.93. The second-order valence-corrected chi connectivity index (χ2v) is 4.84. The van der Waals surface area contributed by atoms with E-state index >= 15 is 0 Å². The van der Waals surface area contributed by atoms with Gasteiger partial charge >= 0.3 is 6.09 Å². The van der Waals surface area contributed by atoms with Crippen molar-refractivity contribution in [2.24, 2.45) is 11.8 Å². The topological polar surface area (TPSA) is 29.5 Å². The number of hydrogen-bond donors (Lipinski definition) is 0. The second kappa shape index (κ2) is 4.86. The maximum atomic E-state index is 11.4. The van der Waals surface area contributed by atoms with Gasteiger partial charge in [-0.25, -0.2) is 4.79 Å². The summed E-state index contributed by atoms with van der Waals surface area (Å²) in [6, 6.07) is 0. The number of nitrogens with zero attached hydrogens (tertiary/aromatic N) is 1. The molecule has 1 saturated heterocycles. The maximum absolute atomic E-state index is 11.4. The van der Waals surface area contributed by atoms with Crippen molar-refractivity contribution in [2.75, 3.05) is 20.2 Å². The van der Waals surface area contributed by atoms with Crippen LogP contribution in [0.5, 0.6) is 0 Å². The molecular weight excluding hydrogens is 190 g/mol. The van der Waals surface area contributed by atoms with E-state index in [1.54, 1.807) is 0 Å². The zero-order valence-corrected chi connectivity index (χ0v) is 9.58. The highest BCUT2D eigenvalue weighted by Crippen LogP contribution is 2.36. The number of carbonyl (C=O) groups excluding carboxylic acids is 1. The average molecular weight is 211 g/mol. The Kier molecular flexibility index (Phi) is 3.49. The summed E-state index contributed by atoms with van der Waals surface area (Å²) in [5.74, 6) is 1.74. The molecule has 0 aromatic carbocycles. The first-order chi connectivity index (χ1) is 7.31. The van der Waals surface area contributed by atoms with E-state index in [0.717, 1.165) is 24.9 Å². The highest BCUT2D eigenvalue weighted by atomic mass is 16.5. The second-order valence-electron chi connectivity index (χ2n) is 4.84. The van der Waals surface area contributed by atoms with Gasteiger partial charge in [-0.15, -0.1) is 0 Å². The van der Waals surface area contributed by atoms with E-state index in [9.17, 15) is 4.79 Å². The molecule has 0 aromatic heterocycles. The molecule has 86 valence electrons. The molecule has 2 fully saturated rings. The average Bonchev–Trinajstić information content (AvgIpc) is 2.50. The van der Waals surface area contributed by atoms with Gasteiger partial charge in [0.15, 0.2) is 0 Å². The SMILES string of the molecule is COC(=O)N1CCC2CCCCC2CC1. The summed E-state index contributed by atoms with van der Waals surface area (Å²) in [4.78, 5) is 13.3. The number of carbonyl (C=O) groups is 1. The van der Waals surface area contributed by atoms with Gasteiger partial charge in [-0.2, -0.15) is 0 Å². The number of ether oxygens (including phenoxy) is 1. The third kappa shape index (κ3) is 2.44. The molecule has 2 rings (SSSR count). The van der Waals surface area contributed by atoms with Gasteiger partial charge in [0.25, 0.3) is 0 Å². The van der Waals surface area contributed by atoms with Gasteiger partial charge in [0.1, 0.15) is 0 Å². The molecule has 1 saturated carbocycles. The molecule has 1 aliphatic carbocycles. The summed E-state index contributed by atoms with van der Waals surface area (Å²) >= 11 is 0. The first kappa shape index (κ1) is 10.8. The van der Waals surface area contributed by atoms with Gasteiger partial charge in [0, 0.05) is 13.1 Å². The van der Waals surface area contributed by atoms with Crippen LogP contribution in [0.4, 0.5) is 4.79 Å². The largest absolute Gasteiger partial charge is 0.453 e. The quantitative estimate of drug-likeness (QED) is 0.616. The van der Waals surface area contributed by atoms with Crippen molar-refractivity contribution >= 4 is 6.09 Å². The Bertz CT molecular complexity index is 214. The lowest BCUT2D eigenvalue weighted by atomic mass is 9.77. The van der Waals surface area contributed by atoms with E-state index in [-0.39, 0.29) is 6.09 Å². The van der Waals surface area contributed by atoms with Crippen molar-refractivity contribution in [1.82, 2.24) is 4.90 Å². The predicted molar refractivity (Wildman–Crippen MR) is 58.7 cm³/mol. The molecule has 0 N–H and O–H groups in total. The molecule has 1 aliphatic heterocycles. The molecule has 3 nitrogen and oxygen atoms in total. The van der Waals surface area contributed by atoms with Gasteiger partial charge < -0.3 is 9.64 Å². The number of methoxy groups -OCH3 is 1. The van der Waals surface area contributed by atoms with Crippen LogP contribution in [0.2, 0.25) is 0 Å². The number of hydrogen-bond acceptors (Lipinski definition) is 2. The van der Waals surface area contributed by atoms with E-state index in [1.165, 1.54) is 45.6 Å². The Hall–Kier alpha value is -0.730. The molecule has 3 heteroatoms. The van der Waals surface area contributed by atoms with Gasteiger partial charge in [0.05, 0.1) is 7.11 Å². The highest BCUT2D eigenvalue weighted by molar-refractivity contribution is 5.67. The highest BCUT2D eigenvalue weighted by Gasteiger charge is 2.29. The van der Waals surface area contributed by atoms with Crippen LogP contribution in [0, 0.1) is 11.8 Å². The third-order valence-corrected chi connectivity index (χ3v) is 4.04.